The number of hydrogen-bond donors (Lipinski definition) is 0. The molecule has 17 heavy (non-hydrogen) atoms. The molecule has 2 aliphatic rings. The third-order valence-electron chi connectivity index (χ3n) is 2.97. The molecule has 1 aliphatic carbocycles. The van der Waals surface area contributed by atoms with Crippen LogP contribution in [0.1, 0.15) is 5.56 Å². The molecule has 1 aliphatic heterocycles. The maximum absolute atomic E-state index is 10.4. The summed E-state index contributed by atoms with van der Waals surface area (Å²) < 4.78 is -0.0880. The molecule has 3 rings (SSSR count). The molecule has 2 nitrogen and oxygen atoms in total. The lowest BCUT2D eigenvalue weighted by Gasteiger charge is -2.14. The Balaban J connectivity index is 2.14. The number of thioether (sulfide) groups is 1. The third kappa shape index (κ3) is 1.67. The molecule has 1 saturated heterocycles. The van der Waals surface area contributed by atoms with Gasteiger partial charge in [0.15, 0.2) is 0 Å². The first kappa shape index (κ1) is 10.8. The smallest absolute Gasteiger partial charge is 0.211 e. The fraction of sp³-hybridized carbons (Fsp3) is 0.154. The van der Waals surface area contributed by atoms with E-state index in [0.29, 0.717) is 16.0 Å². The van der Waals surface area contributed by atoms with Gasteiger partial charge < -0.3 is 0 Å². The summed E-state index contributed by atoms with van der Waals surface area (Å²) in [6, 6.07) is 5.38. The van der Waals surface area contributed by atoms with Gasteiger partial charge in [0.05, 0.1) is 10.4 Å². The monoisotopic (exact) mass is 261 g/mol. The molecule has 1 aromatic carbocycles. The van der Waals surface area contributed by atoms with Crippen molar-refractivity contribution in [3.05, 3.63) is 53.1 Å². The standard InChI is InChI=1S/C13H8ClNOS/c14-9-4-5-11(15-8-16)10(7-9)13-6-2-1-3-12(13)17-13/h1-7,12H. The second-order valence-corrected chi connectivity index (χ2v) is 5.80. The number of nitrogens with zero attached hydrogens (tertiary/aromatic N) is 1. The van der Waals surface area contributed by atoms with Gasteiger partial charge >= 0.3 is 0 Å². The van der Waals surface area contributed by atoms with E-state index in [4.69, 9.17) is 11.6 Å². The quantitative estimate of drug-likeness (QED) is 0.461. The van der Waals surface area contributed by atoms with E-state index in [1.807, 2.05) is 30.0 Å². The Kier molecular flexibility index (Phi) is 2.48. The zero-order valence-electron chi connectivity index (χ0n) is 8.76. The van der Waals surface area contributed by atoms with Crippen molar-refractivity contribution in [2.75, 3.05) is 0 Å². The maximum atomic E-state index is 10.4. The summed E-state index contributed by atoms with van der Waals surface area (Å²) in [6.45, 7) is 0. The van der Waals surface area contributed by atoms with Crippen LogP contribution in [0.25, 0.3) is 0 Å². The Morgan fingerprint density at radius 3 is 3.06 bits per heavy atom. The van der Waals surface area contributed by atoms with Gasteiger partial charge in [0.25, 0.3) is 0 Å². The van der Waals surface area contributed by atoms with Crippen molar-refractivity contribution in [2.45, 2.75) is 10.00 Å². The molecule has 0 saturated carbocycles. The summed E-state index contributed by atoms with van der Waals surface area (Å²) in [5.74, 6) is 0. The fourth-order valence-corrected chi connectivity index (χ4v) is 3.56. The fourth-order valence-electron chi connectivity index (χ4n) is 2.13. The van der Waals surface area contributed by atoms with Crippen molar-refractivity contribution in [1.82, 2.24) is 0 Å². The van der Waals surface area contributed by atoms with E-state index in [2.05, 4.69) is 17.1 Å². The number of aliphatic imine (C=N–C) groups is 1. The van der Waals surface area contributed by atoms with Crippen molar-refractivity contribution in [3.63, 3.8) is 0 Å². The number of benzene rings is 1. The van der Waals surface area contributed by atoms with E-state index < -0.39 is 0 Å². The number of halogens is 1. The van der Waals surface area contributed by atoms with Crippen LogP contribution in [-0.2, 0) is 9.54 Å². The summed E-state index contributed by atoms with van der Waals surface area (Å²) in [6.07, 6.45) is 9.95. The highest BCUT2D eigenvalue weighted by molar-refractivity contribution is 8.08. The van der Waals surface area contributed by atoms with Gasteiger partial charge in [-0.1, -0.05) is 35.9 Å². The first-order valence-corrected chi connectivity index (χ1v) is 6.44. The predicted octanol–water partition coefficient (Wildman–Crippen LogP) is 3.74. The maximum Gasteiger partial charge on any atom is 0.240 e. The van der Waals surface area contributed by atoms with Gasteiger partial charge in [-0.15, -0.1) is 11.8 Å². The second kappa shape index (κ2) is 3.88. The molecule has 0 spiro atoms. The highest BCUT2D eigenvalue weighted by Crippen LogP contribution is 2.65. The lowest BCUT2D eigenvalue weighted by Crippen LogP contribution is -2.09. The van der Waals surface area contributed by atoms with Crippen LogP contribution in [0.15, 0.2) is 47.5 Å². The number of fused-ring (bicyclic) bond motifs is 1. The van der Waals surface area contributed by atoms with E-state index in [1.165, 1.54) is 0 Å². The van der Waals surface area contributed by atoms with Gasteiger partial charge in [0.2, 0.25) is 6.08 Å². The van der Waals surface area contributed by atoms with E-state index in [1.54, 1.807) is 18.2 Å². The second-order valence-electron chi connectivity index (χ2n) is 3.94. The van der Waals surface area contributed by atoms with Gasteiger partial charge in [-0.2, -0.15) is 4.99 Å². The number of carbonyl (C=O) groups excluding carboxylic acids is 1. The highest BCUT2D eigenvalue weighted by atomic mass is 35.5. The Labute approximate surface area is 108 Å². The Morgan fingerprint density at radius 2 is 2.29 bits per heavy atom. The molecule has 2 unspecified atom stereocenters. The molecule has 84 valence electrons. The normalized spacial score (nSPS) is 28.4. The number of isocyanates is 1. The van der Waals surface area contributed by atoms with Crippen LogP contribution < -0.4 is 0 Å². The molecule has 1 aromatic rings. The first-order chi connectivity index (χ1) is 8.26. The first-order valence-electron chi connectivity index (χ1n) is 5.18. The topological polar surface area (TPSA) is 29.4 Å². The lowest BCUT2D eigenvalue weighted by molar-refractivity contribution is 0.565. The average molecular weight is 262 g/mol. The van der Waals surface area contributed by atoms with Crippen LogP contribution in [-0.4, -0.2) is 11.3 Å². The van der Waals surface area contributed by atoms with Gasteiger partial charge in [0, 0.05) is 15.8 Å². The van der Waals surface area contributed by atoms with Gasteiger partial charge in [0.1, 0.15) is 0 Å². The minimum absolute atomic E-state index is 0.0880. The van der Waals surface area contributed by atoms with Crippen molar-refractivity contribution >= 4 is 35.1 Å². The van der Waals surface area contributed by atoms with Crippen LogP contribution >= 0.6 is 23.4 Å². The molecule has 0 aromatic heterocycles. The number of allylic oxidation sites excluding steroid dienone is 2. The van der Waals surface area contributed by atoms with Crippen LogP contribution in [0.3, 0.4) is 0 Å². The van der Waals surface area contributed by atoms with Crippen molar-refractivity contribution in [1.29, 1.82) is 0 Å². The summed E-state index contributed by atoms with van der Waals surface area (Å²) in [5, 5.41) is 1.08. The SMILES string of the molecule is O=C=Nc1ccc(Cl)cc1C12C=CC=CC1S2. The highest BCUT2D eigenvalue weighted by Gasteiger charge is 2.55. The molecule has 0 amide bonds. The lowest BCUT2D eigenvalue weighted by atomic mass is 9.91. The van der Waals surface area contributed by atoms with Crippen LogP contribution in [0.4, 0.5) is 5.69 Å². The Morgan fingerprint density at radius 1 is 1.41 bits per heavy atom. The minimum Gasteiger partial charge on any atom is -0.211 e. The molecule has 0 bridgehead atoms. The van der Waals surface area contributed by atoms with Crippen molar-refractivity contribution in [3.8, 4) is 0 Å². The zero-order valence-corrected chi connectivity index (χ0v) is 10.3. The largest absolute Gasteiger partial charge is 0.240 e. The summed E-state index contributed by atoms with van der Waals surface area (Å²) in [5.41, 5.74) is 1.64. The Hall–Kier alpha value is -1.28. The van der Waals surface area contributed by atoms with Crippen molar-refractivity contribution < 1.29 is 4.79 Å². The molecule has 0 radical (unpaired) electrons. The van der Waals surface area contributed by atoms with Crippen molar-refractivity contribution in [2.24, 2.45) is 4.99 Å². The molecule has 2 atom stereocenters. The van der Waals surface area contributed by atoms with Crippen LogP contribution in [0.5, 0.6) is 0 Å². The van der Waals surface area contributed by atoms with E-state index in [0.717, 1.165) is 5.56 Å². The van der Waals surface area contributed by atoms with E-state index in [9.17, 15) is 4.79 Å². The third-order valence-corrected chi connectivity index (χ3v) is 4.74. The molecule has 4 heteroatoms. The van der Waals surface area contributed by atoms with Crippen LogP contribution in [0, 0.1) is 0 Å². The van der Waals surface area contributed by atoms with E-state index >= 15 is 0 Å². The number of hydrogen-bond acceptors (Lipinski definition) is 3. The molecule has 0 N–H and O–H groups in total. The number of rotatable bonds is 2. The summed E-state index contributed by atoms with van der Waals surface area (Å²) >= 11 is 7.85. The van der Waals surface area contributed by atoms with E-state index in [-0.39, 0.29) is 4.75 Å². The van der Waals surface area contributed by atoms with Gasteiger partial charge in [-0.05, 0) is 18.2 Å². The zero-order chi connectivity index (χ0) is 11.9. The summed E-state index contributed by atoms with van der Waals surface area (Å²) in [4.78, 5) is 14.2. The molecule has 1 fully saturated rings. The summed E-state index contributed by atoms with van der Waals surface area (Å²) in [7, 11) is 0. The predicted molar refractivity (Wildman–Crippen MR) is 70.6 cm³/mol. The van der Waals surface area contributed by atoms with Gasteiger partial charge in [-0.3, -0.25) is 0 Å². The van der Waals surface area contributed by atoms with Gasteiger partial charge in [-0.25, -0.2) is 4.79 Å². The molecular formula is C13H8ClNOS. The van der Waals surface area contributed by atoms with Crippen LogP contribution in [0.2, 0.25) is 5.02 Å². The Bertz CT molecular complexity index is 589. The minimum atomic E-state index is -0.0880. The molecular weight excluding hydrogens is 254 g/mol. The average Bonchev–Trinajstić information content (AvgIpc) is 3.07. The molecule has 1 heterocycles.